The summed E-state index contributed by atoms with van der Waals surface area (Å²) in [6, 6.07) is 12.3. The quantitative estimate of drug-likeness (QED) is 0.646. The molecule has 2 fully saturated rings. The summed E-state index contributed by atoms with van der Waals surface area (Å²) >= 11 is 0. The van der Waals surface area contributed by atoms with E-state index in [9.17, 15) is 18.0 Å². The van der Waals surface area contributed by atoms with Crippen molar-refractivity contribution in [3.05, 3.63) is 59.2 Å². The highest BCUT2D eigenvalue weighted by atomic mass is 32.2. The van der Waals surface area contributed by atoms with Crippen LogP contribution in [-0.4, -0.2) is 32.2 Å². The first-order valence-corrected chi connectivity index (χ1v) is 12.4. The number of nitrogens with zero attached hydrogens (tertiary/aromatic N) is 1. The Labute approximate surface area is 188 Å². The maximum Gasteiger partial charge on any atom is 0.244 e. The van der Waals surface area contributed by atoms with Crippen LogP contribution in [-0.2, 0) is 32.7 Å². The van der Waals surface area contributed by atoms with E-state index in [2.05, 4.69) is 4.72 Å². The zero-order chi connectivity index (χ0) is 22.9. The highest BCUT2D eigenvalue weighted by Crippen LogP contribution is 2.39. The number of hydrogen-bond donors (Lipinski definition) is 1. The van der Waals surface area contributed by atoms with Crippen molar-refractivity contribution < 1.29 is 22.7 Å². The van der Waals surface area contributed by atoms with Crippen LogP contribution in [0.1, 0.15) is 42.4 Å². The van der Waals surface area contributed by atoms with Crippen molar-refractivity contribution in [1.82, 2.24) is 9.62 Å². The largest absolute Gasteiger partial charge is 0.495 e. The molecule has 2 atom stereocenters. The lowest BCUT2D eigenvalue weighted by molar-refractivity contribution is -0.140. The highest BCUT2D eigenvalue weighted by molar-refractivity contribution is 7.89. The first-order valence-electron chi connectivity index (χ1n) is 10.9. The second-order valence-corrected chi connectivity index (χ2v) is 10.2. The number of imide groups is 1. The molecule has 32 heavy (non-hydrogen) atoms. The average Bonchev–Trinajstić information content (AvgIpc) is 3.03. The summed E-state index contributed by atoms with van der Waals surface area (Å²) in [7, 11) is -2.48. The monoisotopic (exact) mass is 456 g/mol. The maximum atomic E-state index is 13.1. The molecule has 1 aliphatic heterocycles. The third kappa shape index (κ3) is 4.29. The van der Waals surface area contributed by atoms with Crippen molar-refractivity contribution in [3.8, 4) is 5.75 Å². The Hall–Kier alpha value is -2.71. The second kappa shape index (κ2) is 9.03. The molecule has 0 spiro atoms. The van der Waals surface area contributed by atoms with Crippen LogP contribution in [0.25, 0.3) is 0 Å². The fourth-order valence-corrected chi connectivity index (χ4v) is 5.88. The van der Waals surface area contributed by atoms with Gasteiger partial charge in [0, 0.05) is 6.54 Å². The number of fused-ring (bicyclic) bond motifs is 1. The van der Waals surface area contributed by atoms with E-state index in [0.717, 1.165) is 36.8 Å². The van der Waals surface area contributed by atoms with Gasteiger partial charge in [-0.1, -0.05) is 43.2 Å². The molecular weight excluding hydrogens is 428 g/mol. The number of nitrogens with one attached hydrogen (secondary N) is 1. The van der Waals surface area contributed by atoms with Gasteiger partial charge in [-0.05, 0) is 48.6 Å². The highest BCUT2D eigenvalue weighted by Gasteiger charge is 2.47. The Morgan fingerprint density at radius 3 is 2.31 bits per heavy atom. The Kier molecular flexibility index (Phi) is 6.35. The molecule has 0 bridgehead atoms. The molecule has 2 aromatic carbocycles. The van der Waals surface area contributed by atoms with E-state index >= 15 is 0 Å². The SMILES string of the molecule is COc1ccc(CN2C(=O)[C@H]3CCCC[C@@H]3C2=O)cc1S(=O)(=O)NCc1ccccc1C. The topological polar surface area (TPSA) is 92.8 Å². The van der Waals surface area contributed by atoms with Gasteiger partial charge < -0.3 is 4.74 Å². The summed E-state index contributed by atoms with van der Waals surface area (Å²) < 4.78 is 34.1. The van der Waals surface area contributed by atoms with Gasteiger partial charge in [0.25, 0.3) is 0 Å². The predicted molar refractivity (Wildman–Crippen MR) is 119 cm³/mol. The normalized spacial score (nSPS) is 21.0. The molecule has 1 saturated carbocycles. The summed E-state index contributed by atoms with van der Waals surface area (Å²) in [6.45, 7) is 2.14. The number of aryl methyl sites for hydroxylation is 1. The summed E-state index contributed by atoms with van der Waals surface area (Å²) in [5.41, 5.74) is 2.44. The Balaban J connectivity index is 1.56. The van der Waals surface area contributed by atoms with Crippen LogP contribution in [0.5, 0.6) is 5.75 Å². The van der Waals surface area contributed by atoms with Crippen molar-refractivity contribution in [1.29, 1.82) is 0 Å². The number of rotatable bonds is 7. The number of methoxy groups -OCH3 is 1. The summed E-state index contributed by atoms with van der Waals surface area (Å²) in [5, 5.41) is 0. The minimum atomic E-state index is -3.89. The fraction of sp³-hybridized carbons (Fsp3) is 0.417. The van der Waals surface area contributed by atoms with Crippen LogP contribution < -0.4 is 9.46 Å². The molecule has 0 unspecified atom stereocenters. The van der Waals surface area contributed by atoms with Crippen LogP contribution in [0.2, 0.25) is 0 Å². The standard InChI is InChI=1S/C24H28N2O5S/c1-16-7-3-4-8-18(16)14-25-32(29,30)22-13-17(11-12-21(22)31-2)15-26-23(27)19-9-5-6-10-20(19)24(26)28/h3-4,7-8,11-13,19-20,25H,5-6,9-10,14-15H2,1-2H3/t19-,20-/m0/s1. The molecule has 1 N–H and O–H groups in total. The molecule has 8 heteroatoms. The smallest absolute Gasteiger partial charge is 0.244 e. The average molecular weight is 457 g/mol. The van der Waals surface area contributed by atoms with E-state index in [-0.39, 0.29) is 47.4 Å². The molecule has 1 heterocycles. The van der Waals surface area contributed by atoms with E-state index in [1.807, 2.05) is 31.2 Å². The van der Waals surface area contributed by atoms with Gasteiger partial charge >= 0.3 is 0 Å². The van der Waals surface area contributed by atoms with E-state index < -0.39 is 10.0 Å². The molecule has 1 saturated heterocycles. The van der Waals surface area contributed by atoms with Crippen LogP contribution in [0.4, 0.5) is 0 Å². The van der Waals surface area contributed by atoms with Crippen molar-refractivity contribution in [2.45, 2.75) is 50.6 Å². The van der Waals surface area contributed by atoms with E-state index in [1.165, 1.54) is 18.1 Å². The number of benzene rings is 2. The number of likely N-dealkylation sites (tertiary alicyclic amines) is 1. The summed E-state index contributed by atoms with van der Waals surface area (Å²) in [5.74, 6) is -0.532. The number of ether oxygens (including phenoxy) is 1. The van der Waals surface area contributed by atoms with E-state index in [0.29, 0.717) is 5.56 Å². The van der Waals surface area contributed by atoms with Gasteiger partial charge in [-0.15, -0.1) is 0 Å². The molecule has 1 aliphatic carbocycles. The van der Waals surface area contributed by atoms with Crippen LogP contribution in [0.15, 0.2) is 47.4 Å². The van der Waals surface area contributed by atoms with Gasteiger partial charge in [0.15, 0.2) is 0 Å². The Bertz CT molecular complexity index is 1120. The minimum absolute atomic E-state index is 0.0115. The van der Waals surface area contributed by atoms with Crippen molar-refractivity contribution in [2.24, 2.45) is 11.8 Å². The molecule has 0 radical (unpaired) electrons. The molecule has 2 aliphatic rings. The molecule has 7 nitrogen and oxygen atoms in total. The van der Waals surface area contributed by atoms with Crippen LogP contribution in [0.3, 0.4) is 0 Å². The van der Waals surface area contributed by atoms with Crippen molar-refractivity contribution in [2.75, 3.05) is 7.11 Å². The zero-order valence-electron chi connectivity index (χ0n) is 18.3. The number of carbonyl (C=O) groups is 2. The van der Waals surface area contributed by atoms with Crippen molar-refractivity contribution >= 4 is 21.8 Å². The molecular formula is C24H28N2O5S. The second-order valence-electron chi connectivity index (χ2n) is 8.50. The van der Waals surface area contributed by atoms with Gasteiger partial charge in [0.1, 0.15) is 10.6 Å². The minimum Gasteiger partial charge on any atom is -0.495 e. The number of hydrogen-bond acceptors (Lipinski definition) is 5. The third-order valence-corrected chi connectivity index (χ3v) is 7.93. The van der Waals surface area contributed by atoms with Crippen molar-refractivity contribution in [3.63, 3.8) is 0 Å². The summed E-state index contributed by atoms with van der Waals surface area (Å²) in [6.07, 6.45) is 3.42. The van der Waals surface area contributed by atoms with E-state index in [1.54, 1.807) is 12.1 Å². The fourth-order valence-electron chi connectivity index (χ4n) is 4.66. The van der Waals surface area contributed by atoms with Gasteiger partial charge in [0.05, 0.1) is 25.5 Å². The Morgan fingerprint density at radius 1 is 1.03 bits per heavy atom. The van der Waals surface area contributed by atoms with Gasteiger partial charge in [-0.25, -0.2) is 13.1 Å². The number of amides is 2. The molecule has 170 valence electrons. The molecule has 2 amide bonds. The van der Waals surface area contributed by atoms with Crippen LogP contribution in [0, 0.1) is 18.8 Å². The molecule has 0 aromatic heterocycles. The zero-order valence-corrected chi connectivity index (χ0v) is 19.2. The lowest BCUT2D eigenvalue weighted by Crippen LogP contribution is -2.30. The Morgan fingerprint density at radius 2 is 1.69 bits per heavy atom. The third-order valence-electron chi connectivity index (χ3n) is 6.50. The lowest BCUT2D eigenvalue weighted by atomic mass is 9.81. The van der Waals surface area contributed by atoms with Crippen LogP contribution >= 0.6 is 0 Å². The summed E-state index contributed by atoms with van der Waals surface area (Å²) in [4.78, 5) is 26.9. The lowest BCUT2D eigenvalue weighted by Gasteiger charge is -2.19. The van der Waals surface area contributed by atoms with E-state index in [4.69, 9.17) is 4.74 Å². The molecule has 2 aromatic rings. The first-order chi connectivity index (χ1) is 15.3. The number of carbonyl (C=O) groups excluding carboxylic acids is 2. The molecule has 4 rings (SSSR count). The van der Waals surface area contributed by atoms with Gasteiger partial charge in [-0.2, -0.15) is 0 Å². The first kappa shape index (κ1) is 22.5. The predicted octanol–water partition coefficient (Wildman–Crippen LogP) is 3.16. The maximum absolute atomic E-state index is 13.1. The van der Waals surface area contributed by atoms with Gasteiger partial charge in [0.2, 0.25) is 21.8 Å². The number of sulfonamides is 1. The van der Waals surface area contributed by atoms with Gasteiger partial charge in [-0.3, -0.25) is 14.5 Å².